The summed E-state index contributed by atoms with van der Waals surface area (Å²) in [5.74, 6) is -1.97. The van der Waals surface area contributed by atoms with Gasteiger partial charge >= 0.3 is 0 Å². The molecule has 0 spiro atoms. The van der Waals surface area contributed by atoms with Gasteiger partial charge in [0.05, 0.1) is 7.11 Å². The first kappa shape index (κ1) is 14.4. The van der Waals surface area contributed by atoms with Crippen molar-refractivity contribution in [2.24, 2.45) is 5.73 Å². The van der Waals surface area contributed by atoms with E-state index in [0.717, 1.165) is 12.1 Å². The fourth-order valence-corrected chi connectivity index (χ4v) is 2.08. The Balaban J connectivity index is 2.31. The molecule has 0 bridgehead atoms. The predicted molar refractivity (Wildman–Crippen MR) is 69.9 cm³/mol. The highest BCUT2D eigenvalue weighted by Crippen LogP contribution is 2.26. The summed E-state index contributed by atoms with van der Waals surface area (Å²) >= 11 is 0. The average molecular weight is 281 g/mol. The third kappa shape index (κ3) is 2.77. The lowest BCUT2D eigenvalue weighted by Gasteiger charge is -2.15. The minimum Gasteiger partial charge on any atom is -0.494 e. The number of ether oxygens (including phenoxy) is 1. The van der Waals surface area contributed by atoms with Crippen molar-refractivity contribution in [2.45, 2.75) is 12.5 Å². The van der Waals surface area contributed by atoms with Crippen LogP contribution in [0.2, 0.25) is 0 Å². The van der Waals surface area contributed by atoms with Gasteiger partial charge in [-0.1, -0.05) is 18.2 Å². The fourth-order valence-electron chi connectivity index (χ4n) is 2.08. The molecule has 2 N–H and O–H groups in total. The molecule has 2 rings (SSSR count). The summed E-state index contributed by atoms with van der Waals surface area (Å²) in [4.78, 5) is 0. The molecule has 0 aliphatic carbocycles. The van der Waals surface area contributed by atoms with Crippen molar-refractivity contribution < 1.29 is 17.9 Å². The quantitative estimate of drug-likeness (QED) is 0.932. The highest BCUT2D eigenvalue weighted by Gasteiger charge is 2.19. The Hall–Kier alpha value is -2.01. The molecule has 0 aromatic heterocycles. The van der Waals surface area contributed by atoms with Crippen LogP contribution < -0.4 is 10.5 Å². The number of halogens is 3. The van der Waals surface area contributed by atoms with E-state index in [4.69, 9.17) is 10.5 Å². The molecule has 2 aromatic carbocycles. The lowest BCUT2D eigenvalue weighted by atomic mass is 9.98. The maximum atomic E-state index is 14.0. The van der Waals surface area contributed by atoms with Gasteiger partial charge < -0.3 is 10.5 Å². The minimum absolute atomic E-state index is 0.0269. The van der Waals surface area contributed by atoms with Crippen molar-refractivity contribution in [3.8, 4) is 5.75 Å². The molecule has 1 atom stereocenters. The SMILES string of the molecule is COc1cccc(CC(N)c2c(F)cccc2F)c1F. The summed E-state index contributed by atoms with van der Waals surface area (Å²) in [6, 6.07) is 7.11. The summed E-state index contributed by atoms with van der Waals surface area (Å²) in [7, 11) is 1.35. The lowest BCUT2D eigenvalue weighted by Crippen LogP contribution is -2.17. The van der Waals surface area contributed by atoms with E-state index in [9.17, 15) is 13.2 Å². The molecule has 0 aliphatic rings. The Bertz CT molecular complexity index is 596. The molecular formula is C15H14F3NO. The number of nitrogens with two attached hydrogens (primary N) is 1. The highest BCUT2D eigenvalue weighted by atomic mass is 19.1. The van der Waals surface area contributed by atoms with Crippen LogP contribution in [0.25, 0.3) is 0 Å². The van der Waals surface area contributed by atoms with Crippen LogP contribution in [-0.4, -0.2) is 7.11 Å². The third-order valence-corrected chi connectivity index (χ3v) is 3.07. The molecule has 2 nitrogen and oxygen atoms in total. The van der Waals surface area contributed by atoms with Gasteiger partial charge in [-0.05, 0) is 30.2 Å². The molecule has 0 radical (unpaired) electrons. The first-order valence-corrected chi connectivity index (χ1v) is 6.05. The van der Waals surface area contributed by atoms with Crippen LogP contribution in [0.5, 0.6) is 5.75 Å². The van der Waals surface area contributed by atoms with Gasteiger partial charge in [-0.2, -0.15) is 0 Å². The Morgan fingerprint density at radius 3 is 2.25 bits per heavy atom. The van der Waals surface area contributed by atoms with Crippen LogP contribution in [0.1, 0.15) is 17.2 Å². The van der Waals surface area contributed by atoms with Gasteiger partial charge in [-0.3, -0.25) is 0 Å². The largest absolute Gasteiger partial charge is 0.494 e. The average Bonchev–Trinajstić information content (AvgIpc) is 2.41. The number of hydrogen-bond donors (Lipinski definition) is 1. The summed E-state index contributed by atoms with van der Waals surface area (Å²) < 4.78 is 46.1. The highest BCUT2D eigenvalue weighted by molar-refractivity contribution is 5.33. The molecule has 0 aliphatic heterocycles. The van der Waals surface area contributed by atoms with Gasteiger partial charge in [-0.15, -0.1) is 0 Å². The van der Waals surface area contributed by atoms with Crippen molar-refractivity contribution in [3.63, 3.8) is 0 Å². The van der Waals surface area contributed by atoms with E-state index in [0.29, 0.717) is 0 Å². The Morgan fingerprint density at radius 2 is 1.65 bits per heavy atom. The van der Waals surface area contributed by atoms with Gasteiger partial charge in [0.15, 0.2) is 11.6 Å². The molecule has 0 heterocycles. The smallest absolute Gasteiger partial charge is 0.168 e. The fraction of sp³-hybridized carbons (Fsp3) is 0.200. The topological polar surface area (TPSA) is 35.2 Å². The zero-order valence-corrected chi connectivity index (χ0v) is 10.9. The van der Waals surface area contributed by atoms with E-state index in [1.54, 1.807) is 6.07 Å². The van der Waals surface area contributed by atoms with Crippen molar-refractivity contribution >= 4 is 0 Å². The van der Waals surface area contributed by atoms with Crippen LogP contribution in [0.3, 0.4) is 0 Å². The van der Waals surface area contributed by atoms with E-state index in [1.165, 1.54) is 25.3 Å². The number of rotatable bonds is 4. The van der Waals surface area contributed by atoms with Crippen molar-refractivity contribution in [1.82, 2.24) is 0 Å². The van der Waals surface area contributed by atoms with Crippen LogP contribution in [-0.2, 0) is 6.42 Å². The summed E-state index contributed by atoms with van der Waals surface area (Å²) in [5, 5.41) is 0. The number of methoxy groups -OCH3 is 1. The van der Waals surface area contributed by atoms with Crippen molar-refractivity contribution in [2.75, 3.05) is 7.11 Å². The number of benzene rings is 2. The first-order chi connectivity index (χ1) is 9.54. The van der Waals surface area contributed by atoms with E-state index in [2.05, 4.69) is 0 Å². The molecule has 0 saturated heterocycles. The molecule has 106 valence electrons. The molecule has 2 aromatic rings. The Labute approximate surface area is 115 Å². The monoisotopic (exact) mass is 281 g/mol. The van der Waals surface area contributed by atoms with Gasteiger partial charge in [0.2, 0.25) is 0 Å². The second kappa shape index (κ2) is 5.96. The molecule has 0 amide bonds. The zero-order valence-electron chi connectivity index (χ0n) is 10.9. The number of hydrogen-bond acceptors (Lipinski definition) is 2. The van der Waals surface area contributed by atoms with E-state index in [-0.39, 0.29) is 23.3 Å². The summed E-state index contributed by atoms with van der Waals surface area (Å²) in [6.45, 7) is 0. The van der Waals surface area contributed by atoms with E-state index < -0.39 is 23.5 Å². The van der Waals surface area contributed by atoms with Gasteiger partial charge in [0, 0.05) is 11.6 Å². The standard InChI is InChI=1S/C15H14F3NO/c1-20-13-7-2-4-9(15(13)18)8-12(19)14-10(16)5-3-6-11(14)17/h2-7,12H,8,19H2,1H3. The lowest BCUT2D eigenvalue weighted by molar-refractivity contribution is 0.383. The van der Waals surface area contributed by atoms with Crippen molar-refractivity contribution in [3.05, 3.63) is 65.0 Å². The Morgan fingerprint density at radius 1 is 1.05 bits per heavy atom. The zero-order chi connectivity index (χ0) is 14.7. The van der Waals surface area contributed by atoms with Crippen LogP contribution in [0.4, 0.5) is 13.2 Å². The summed E-state index contributed by atoms with van der Waals surface area (Å²) in [6.07, 6.45) is -0.0269. The maximum Gasteiger partial charge on any atom is 0.168 e. The molecule has 0 saturated carbocycles. The van der Waals surface area contributed by atoms with Crippen LogP contribution >= 0.6 is 0 Å². The minimum atomic E-state index is -0.974. The predicted octanol–water partition coefficient (Wildman–Crippen LogP) is 3.36. The van der Waals surface area contributed by atoms with Crippen LogP contribution in [0.15, 0.2) is 36.4 Å². The van der Waals surface area contributed by atoms with E-state index in [1.807, 2.05) is 0 Å². The van der Waals surface area contributed by atoms with Gasteiger partial charge in [0.25, 0.3) is 0 Å². The maximum absolute atomic E-state index is 14.0. The van der Waals surface area contributed by atoms with E-state index >= 15 is 0 Å². The molecule has 5 heteroatoms. The molecule has 1 unspecified atom stereocenters. The second-order valence-electron chi connectivity index (χ2n) is 4.38. The Kier molecular flexibility index (Phi) is 4.29. The van der Waals surface area contributed by atoms with Gasteiger partial charge in [-0.25, -0.2) is 13.2 Å². The second-order valence-corrected chi connectivity index (χ2v) is 4.38. The molecular weight excluding hydrogens is 267 g/mol. The third-order valence-electron chi connectivity index (χ3n) is 3.07. The molecule has 20 heavy (non-hydrogen) atoms. The molecule has 0 fully saturated rings. The summed E-state index contributed by atoms with van der Waals surface area (Å²) in [5.41, 5.74) is 5.81. The first-order valence-electron chi connectivity index (χ1n) is 6.05. The van der Waals surface area contributed by atoms with Gasteiger partial charge in [0.1, 0.15) is 11.6 Å². The van der Waals surface area contributed by atoms with Crippen LogP contribution in [0, 0.1) is 17.5 Å². The van der Waals surface area contributed by atoms with Crippen molar-refractivity contribution in [1.29, 1.82) is 0 Å². The normalized spacial score (nSPS) is 12.2.